The summed E-state index contributed by atoms with van der Waals surface area (Å²) in [5.41, 5.74) is 5.17. The second-order valence-electron chi connectivity index (χ2n) is 5.08. The Labute approximate surface area is 116 Å². The summed E-state index contributed by atoms with van der Waals surface area (Å²) in [4.78, 5) is 0. The highest BCUT2D eigenvalue weighted by atomic mass is 32.2. The Bertz CT molecular complexity index is 605. The molecule has 2 rings (SSSR count). The average molecular weight is 277 g/mol. The van der Waals surface area contributed by atoms with Gasteiger partial charge in [0.2, 0.25) is 0 Å². The molecule has 0 fully saturated rings. The molecule has 0 saturated carbocycles. The molecule has 0 aromatic heterocycles. The van der Waals surface area contributed by atoms with Gasteiger partial charge in [0.25, 0.3) is 0 Å². The van der Waals surface area contributed by atoms with Crippen LogP contribution in [-0.2, 0) is 11.4 Å². The molecule has 1 unspecified atom stereocenters. The number of hydrogen-bond acceptors (Lipinski definition) is 3. The van der Waals surface area contributed by atoms with E-state index in [1.165, 1.54) is 5.56 Å². The minimum Gasteiger partial charge on any atom is -0.740 e. The van der Waals surface area contributed by atoms with Gasteiger partial charge in [-0.2, -0.15) is 0 Å². The fourth-order valence-corrected chi connectivity index (χ4v) is 2.56. The second-order valence-corrected chi connectivity index (χ2v) is 5.66. The van der Waals surface area contributed by atoms with Crippen LogP contribution in [0.1, 0.15) is 36.5 Å². The summed E-state index contributed by atoms with van der Waals surface area (Å²) in [6, 6.07) is 7.98. The summed E-state index contributed by atoms with van der Waals surface area (Å²) >= 11 is -2.55. The predicted molar refractivity (Wildman–Crippen MR) is 76.2 cm³/mol. The van der Waals surface area contributed by atoms with Gasteiger partial charge < -0.3 is 8.74 Å². The first kappa shape index (κ1) is 14.0. The third-order valence-corrected chi connectivity index (χ3v) is 3.66. The van der Waals surface area contributed by atoms with E-state index >= 15 is 0 Å². The van der Waals surface area contributed by atoms with Crippen LogP contribution >= 0.6 is 0 Å². The Morgan fingerprint density at radius 2 is 1.84 bits per heavy atom. The summed E-state index contributed by atoms with van der Waals surface area (Å²) < 4.78 is 26.4. The van der Waals surface area contributed by atoms with Crippen LogP contribution in [0.5, 0.6) is 5.75 Å². The van der Waals surface area contributed by atoms with E-state index in [9.17, 15) is 8.76 Å². The highest BCUT2D eigenvalue weighted by molar-refractivity contribution is 7.74. The van der Waals surface area contributed by atoms with Gasteiger partial charge in [-0.15, -0.1) is 0 Å². The largest absolute Gasteiger partial charge is 0.740 e. The second kappa shape index (κ2) is 5.31. The molecular weight excluding hydrogens is 260 g/mol. The summed E-state index contributed by atoms with van der Waals surface area (Å²) in [5, 5.41) is 0. The smallest absolute Gasteiger partial charge is 0.147 e. The first-order valence-electron chi connectivity index (χ1n) is 6.21. The minimum absolute atomic E-state index is 0.407. The van der Waals surface area contributed by atoms with Gasteiger partial charge in [-0.05, 0) is 48.1 Å². The van der Waals surface area contributed by atoms with Crippen molar-refractivity contribution >= 4 is 11.4 Å². The van der Waals surface area contributed by atoms with Gasteiger partial charge in [-0.25, -0.2) is 4.21 Å². The number of rotatable bonds is 3. The predicted octanol–water partition coefficient (Wildman–Crippen LogP) is 3.70. The Hall–Kier alpha value is -1.39. The van der Waals surface area contributed by atoms with Crippen molar-refractivity contribution in [3.8, 4) is 16.9 Å². The third-order valence-electron chi connectivity index (χ3n) is 3.34. The van der Waals surface area contributed by atoms with E-state index in [0.29, 0.717) is 11.7 Å². The molecule has 1 atom stereocenters. The monoisotopic (exact) mass is 277 g/mol. The molecule has 102 valence electrons. The van der Waals surface area contributed by atoms with Crippen molar-refractivity contribution in [2.75, 3.05) is 0 Å². The zero-order valence-corrected chi connectivity index (χ0v) is 12.3. The van der Waals surface area contributed by atoms with E-state index in [4.69, 9.17) is 4.18 Å². The Kier molecular flexibility index (Phi) is 3.92. The van der Waals surface area contributed by atoms with Crippen molar-refractivity contribution in [1.82, 2.24) is 0 Å². The van der Waals surface area contributed by atoms with Crippen LogP contribution < -0.4 is 4.18 Å². The van der Waals surface area contributed by atoms with E-state index in [-0.39, 0.29) is 0 Å². The summed E-state index contributed by atoms with van der Waals surface area (Å²) in [5.74, 6) is 0.826. The van der Waals surface area contributed by atoms with Crippen molar-refractivity contribution in [1.29, 1.82) is 0 Å². The van der Waals surface area contributed by atoms with Crippen LogP contribution in [0.4, 0.5) is 0 Å². The molecule has 0 saturated heterocycles. The maximum absolute atomic E-state index is 10.8. The standard InChI is InChI=1S/C15H18O3S/c1-9(2)12-6-5-10(3)15-13(8-12)11(4)7-14(15)18-19(16)17/h5-9H,1-4H3,(H,16,17)/p-1. The highest BCUT2D eigenvalue weighted by Crippen LogP contribution is 2.41. The van der Waals surface area contributed by atoms with Crippen molar-refractivity contribution in [3.05, 3.63) is 41.0 Å². The zero-order valence-electron chi connectivity index (χ0n) is 11.5. The van der Waals surface area contributed by atoms with Gasteiger partial charge >= 0.3 is 0 Å². The lowest BCUT2D eigenvalue weighted by Crippen LogP contribution is -1.97. The van der Waals surface area contributed by atoms with Crippen LogP contribution in [0.2, 0.25) is 0 Å². The van der Waals surface area contributed by atoms with Crippen LogP contribution in [-0.4, -0.2) is 8.76 Å². The fourth-order valence-electron chi connectivity index (χ4n) is 2.29. The van der Waals surface area contributed by atoms with E-state index in [0.717, 1.165) is 22.3 Å². The molecular formula is C15H17O3S-. The van der Waals surface area contributed by atoms with Crippen molar-refractivity contribution < 1.29 is 12.9 Å². The molecule has 19 heavy (non-hydrogen) atoms. The zero-order chi connectivity index (χ0) is 14.2. The lowest BCUT2D eigenvalue weighted by molar-refractivity contribution is 0.441. The molecule has 0 aliphatic heterocycles. The summed E-state index contributed by atoms with van der Waals surface area (Å²) in [6.45, 7) is 8.21. The Morgan fingerprint density at radius 1 is 1.16 bits per heavy atom. The van der Waals surface area contributed by atoms with Gasteiger partial charge in [0.05, 0.1) is 0 Å². The number of aryl methyl sites for hydroxylation is 2. The van der Waals surface area contributed by atoms with Gasteiger partial charge in [-0.3, -0.25) is 0 Å². The molecule has 3 nitrogen and oxygen atoms in total. The molecule has 0 bridgehead atoms. The topological polar surface area (TPSA) is 49.4 Å². The van der Waals surface area contributed by atoms with Gasteiger partial charge in [0.15, 0.2) is 0 Å². The molecule has 0 aromatic rings. The molecule has 0 radical (unpaired) electrons. The molecule has 0 heterocycles. The highest BCUT2D eigenvalue weighted by Gasteiger charge is 2.17. The van der Waals surface area contributed by atoms with Gasteiger partial charge in [0, 0.05) is 5.56 Å². The third kappa shape index (κ3) is 2.80. The molecule has 4 heteroatoms. The van der Waals surface area contributed by atoms with Crippen molar-refractivity contribution in [2.24, 2.45) is 0 Å². The first-order valence-corrected chi connectivity index (χ1v) is 7.21. The van der Waals surface area contributed by atoms with Crippen molar-refractivity contribution in [3.63, 3.8) is 0 Å². The van der Waals surface area contributed by atoms with Crippen LogP contribution in [0.3, 0.4) is 0 Å². The van der Waals surface area contributed by atoms with E-state index < -0.39 is 11.4 Å². The van der Waals surface area contributed by atoms with Gasteiger partial charge in [-0.1, -0.05) is 32.0 Å². The SMILES string of the molecule is Cc1cc(OS(=O)[O-])c2c(C)ccc(C(C)C)cc1-2. The number of fused-ring (bicyclic) bond motifs is 1. The number of hydrogen-bond donors (Lipinski definition) is 0. The summed E-state index contributed by atoms with van der Waals surface area (Å²) in [7, 11) is 0. The maximum atomic E-state index is 10.8. The van der Waals surface area contributed by atoms with Crippen LogP contribution in [0.25, 0.3) is 11.1 Å². The lowest BCUT2D eigenvalue weighted by atomic mass is 10.0. The van der Waals surface area contributed by atoms with E-state index in [1.807, 2.05) is 19.9 Å². The van der Waals surface area contributed by atoms with E-state index in [2.05, 4.69) is 26.0 Å². The maximum Gasteiger partial charge on any atom is 0.147 e. The summed E-state index contributed by atoms with van der Waals surface area (Å²) in [6.07, 6.45) is 0. The lowest BCUT2D eigenvalue weighted by Gasteiger charge is -2.08. The molecule has 2 aliphatic carbocycles. The molecule has 0 amide bonds. The van der Waals surface area contributed by atoms with Crippen LogP contribution in [0, 0.1) is 13.8 Å². The molecule has 2 aliphatic rings. The Balaban J connectivity index is 2.67. The molecule has 0 spiro atoms. The van der Waals surface area contributed by atoms with Crippen molar-refractivity contribution in [2.45, 2.75) is 33.6 Å². The molecule has 0 N–H and O–H groups in total. The average Bonchev–Trinajstić information content (AvgIpc) is 2.49. The fraction of sp³-hybridized carbons (Fsp3) is 0.333. The first-order chi connectivity index (χ1) is 8.90. The molecule has 0 aromatic carbocycles. The van der Waals surface area contributed by atoms with E-state index in [1.54, 1.807) is 6.07 Å². The Morgan fingerprint density at radius 3 is 2.42 bits per heavy atom. The normalized spacial score (nSPS) is 12.9. The van der Waals surface area contributed by atoms with Gasteiger partial charge in [0.1, 0.15) is 17.1 Å². The van der Waals surface area contributed by atoms with Crippen LogP contribution in [0.15, 0.2) is 24.3 Å². The minimum atomic E-state index is -2.55. The quantitative estimate of drug-likeness (QED) is 0.804.